The van der Waals surface area contributed by atoms with E-state index in [1.807, 2.05) is 30.9 Å². The molecule has 0 heterocycles. The van der Waals surface area contributed by atoms with E-state index in [0.717, 1.165) is 32.4 Å². The molecule has 182 valence electrons. The minimum atomic E-state index is 0.126. The molecule has 0 saturated heterocycles. The number of allylic oxidation sites excluding steroid dienone is 3. The average Bonchev–Trinajstić information content (AvgIpc) is 2.87. The summed E-state index contributed by atoms with van der Waals surface area (Å²) in [6.07, 6.45) is 7.01. The first-order valence-corrected chi connectivity index (χ1v) is 12.9. The van der Waals surface area contributed by atoms with Gasteiger partial charge in [-0.25, -0.2) is 0 Å². The van der Waals surface area contributed by atoms with Gasteiger partial charge in [-0.05, 0) is 30.0 Å². The molecule has 0 aromatic heterocycles. The Morgan fingerprint density at radius 2 is 1.45 bits per heavy atom. The molecule has 2 aromatic rings. The lowest BCUT2D eigenvalue weighted by molar-refractivity contribution is -0.131. The van der Waals surface area contributed by atoms with E-state index in [0.29, 0.717) is 17.3 Å². The molecule has 0 N–H and O–H groups in total. The van der Waals surface area contributed by atoms with Crippen molar-refractivity contribution in [3.8, 4) is 0 Å². The summed E-state index contributed by atoms with van der Waals surface area (Å²) in [7, 11) is 0. The van der Waals surface area contributed by atoms with Crippen molar-refractivity contribution in [1.82, 2.24) is 4.90 Å². The molecule has 0 fully saturated rings. The molecule has 0 aliphatic heterocycles. The second kappa shape index (κ2) is 20.6. The number of benzene rings is 2. The molecule has 0 unspecified atom stereocenters. The first-order chi connectivity index (χ1) is 16.1. The lowest BCUT2D eigenvalue weighted by Crippen LogP contribution is -2.33. The smallest absolute Gasteiger partial charge is 0.223 e. The maximum atomic E-state index is 12.9. The predicted octanol–water partition coefficient (Wildman–Crippen LogP) is 8.81. The normalized spacial score (nSPS) is 10.5. The van der Waals surface area contributed by atoms with Crippen LogP contribution in [0, 0.1) is 0 Å². The number of nitrogens with zero attached hydrogens (tertiary/aromatic N) is 1. The molecule has 0 aliphatic rings. The van der Waals surface area contributed by atoms with Gasteiger partial charge in [0.05, 0.1) is 5.88 Å². The van der Waals surface area contributed by atoms with E-state index < -0.39 is 0 Å². The number of amides is 1. The van der Waals surface area contributed by atoms with E-state index in [1.165, 1.54) is 11.1 Å². The van der Waals surface area contributed by atoms with Gasteiger partial charge in [-0.1, -0.05) is 119 Å². The molecule has 0 aliphatic carbocycles. The van der Waals surface area contributed by atoms with Crippen LogP contribution in [0.4, 0.5) is 0 Å². The van der Waals surface area contributed by atoms with E-state index >= 15 is 0 Å². The van der Waals surface area contributed by atoms with Crippen molar-refractivity contribution in [1.29, 1.82) is 0 Å². The lowest BCUT2D eigenvalue weighted by atomic mass is 9.88. The molecule has 1 amide bonds. The Kier molecular flexibility index (Phi) is 19.3. The van der Waals surface area contributed by atoms with Crippen LogP contribution < -0.4 is 0 Å². The summed E-state index contributed by atoms with van der Waals surface area (Å²) in [5, 5.41) is 0.622. The van der Waals surface area contributed by atoms with E-state index in [1.54, 1.807) is 12.2 Å². The first kappa shape index (κ1) is 31.0. The van der Waals surface area contributed by atoms with Gasteiger partial charge in [0.25, 0.3) is 0 Å². The van der Waals surface area contributed by atoms with Crippen LogP contribution in [-0.4, -0.2) is 29.8 Å². The van der Waals surface area contributed by atoms with Crippen molar-refractivity contribution in [2.75, 3.05) is 19.0 Å². The second-order valence-electron chi connectivity index (χ2n) is 7.30. The largest absolute Gasteiger partial charge is 0.343 e. The molecule has 2 rings (SSSR count). The molecule has 4 heteroatoms. The van der Waals surface area contributed by atoms with Crippen LogP contribution in [0.1, 0.15) is 70.4 Å². The summed E-state index contributed by atoms with van der Waals surface area (Å²) in [5.41, 5.74) is 2.42. The number of alkyl halides is 1. The fourth-order valence-corrected chi connectivity index (χ4v) is 3.43. The topological polar surface area (TPSA) is 20.3 Å². The zero-order valence-electron chi connectivity index (χ0n) is 20.8. The quantitative estimate of drug-likeness (QED) is 0.228. The number of carbonyl (C=O) groups excluding carboxylic acids is 1. The van der Waals surface area contributed by atoms with Gasteiger partial charge in [0.1, 0.15) is 0 Å². The molecular weight excluding hydrogens is 449 g/mol. The van der Waals surface area contributed by atoms with Gasteiger partial charge >= 0.3 is 0 Å². The Morgan fingerprint density at radius 1 is 0.939 bits per heavy atom. The van der Waals surface area contributed by atoms with Crippen molar-refractivity contribution in [3.05, 3.63) is 95.6 Å². The monoisotopic (exact) mass is 489 g/mol. The number of hydrogen-bond donors (Lipinski definition) is 0. The number of unbranched alkanes of at least 4 members (excludes halogenated alkanes) is 1. The van der Waals surface area contributed by atoms with Crippen molar-refractivity contribution >= 4 is 29.1 Å². The average molecular weight is 491 g/mol. The van der Waals surface area contributed by atoms with Crippen molar-refractivity contribution < 1.29 is 4.79 Å². The lowest BCUT2D eigenvalue weighted by Gasteiger charge is -2.25. The Labute approximate surface area is 212 Å². The van der Waals surface area contributed by atoms with Gasteiger partial charge in [-0.15, -0.1) is 11.6 Å². The van der Waals surface area contributed by atoms with Crippen LogP contribution in [0.15, 0.2) is 84.4 Å². The fraction of sp³-hybridized carbons (Fsp3) is 0.414. The highest BCUT2D eigenvalue weighted by molar-refractivity contribution is 6.35. The summed E-state index contributed by atoms with van der Waals surface area (Å²) in [5.74, 6) is 0.761. The molecule has 0 saturated carbocycles. The van der Waals surface area contributed by atoms with Gasteiger partial charge in [0.2, 0.25) is 5.91 Å². The molecule has 2 aromatic carbocycles. The van der Waals surface area contributed by atoms with E-state index in [-0.39, 0.29) is 11.8 Å². The molecule has 2 nitrogen and oxygen atoms in total. The number of halogens is 2. The summed E-state index contributed by atoms with van der Waals surface area (Å²) in [4.78, 5) is 15.0. The van der Waals surface area contributed by atoms with Crippen molar-refractivity contribution in [2.24, 2.45) is 0 Å². The van der Waals surface area contributed by atoms with Crippen LogP contribution in [-0.2, 0) is 4.79 Å². The number of rotatable bonds is 11. The second-order valence-corrected chi connectivity index (χ2v) is 8.05. The van der Waals surface area contributed by atoms with Gasteiger partial charge in [-0.3, -0.25) is 4.79 Å². The summed E-state index contributed by atoms with van der Waals surface area (Å²) in [6.45, 7) is 13.5. The Balaban J connectivity index is 0.000000973. The third-order valence-corrected chi connectivity index (χ3v) is 5.52. The molecule has 33 heavy (non-hydrogen) atoms. The maximum absolute atomic E-state index is 12.9. The van der Waals surface area contributed by atoms with Crippen LogP contribution in [0.5, 0.6) is 0 Å². The highest BCUT2D eigenvalue weighted by atomic mass is 35.5. The van der Waals surface area contributed by atoms with E-state index in [2.05, 4.69) is 69.0 Å². The molecule has 0 radical (unpaired) electrons. The highest BCUT2D eigenvalue weighted by Gasteiger charge is 2.21. The molecule has 0 bridgehead atoms. The molecular formula is C29H41Cl2NO. The zero-order valence-corrected chi connectivity index (χ0v) is 22.3. The van der Waals surface area contributed by atoms with Crippen LogP contribution in [0.3, 0.4) is 0 Å². The minimum absolute atomic E-state index is 0.126. The van der Waals surface area contributed by atoms with Gasteiger partial charge in [-0.2, -0.15) is 0 Å². The van der Waals surface area contributed by atoms with Gasteiger partial charge < -0.3 is 4.90 Å². The van der Waals surface area contributed by atoms with E-state index in [9.17, 15) is 4.79 Å². The Morgan fingerprint density at radius 3 is 1.82 bits per heavy atom. The van der Waals surface area contributed by atoms with Crippen LogP contribution >= 0.6 is 23.2 Å². The van der Waals surface area contributed by atoms with E-state index in [4.69, 9.17) is 23.2 Å². The highest BCUT2D eigenvalue weighted by Crippen LogP contribution is 2.28. The number of carbonyl (C=O) groups is 1. The van der Waals surface area contributed by atoms with Crippen molar-refractivity contribution in [3.63, 3.8) is 0 Å². The number of hydrogen-bond acceptors (Lipinski definition) is 1. The molecule has 0 spiro atoms. The molecule has 0 atom stereocenters. The SMILES string of the molecule is C=C/C=C(/Cl)CCl.CC.CCCCN(CCC)C(=O)CC(c1ccccc1)c1ccccc1. The Bertz CT molecular complexity index is 735. The van der Waals surface area contributed by atoms with Crippen LogP contribution in [0.25, 0.3) is 0 Å². The van der Waals surface area contributed by atoms with Crippen LogP contribution in [0.2, 0.25) is 0 Å². The Hall–Kier alpha value is -2.03. The minimum Gasteiger partial charge on any atom is -0.343 e. The van der Waals surface area contributed by atoms with Crippen molar-refractivity contribution in [2.45, 2.75) is 59.3 Å². The maximum Gasteiger partial charge on any atom is 0.223 e. The van der Waals surface area contributed by atoms with Gasteiger partial charge in [0.15, 0.2) is 0 Å². The summed E-state index contributed by atoms with van der Waals surface area (Å²) < 4.78 is 0. The van der Waals surface area contributed by atoms with Gasteiger partial charge in [0, 0.05) is 30.5 Å². The standard InChI is InChI=1S/C22H29NO.C5H6Cl2.C2H6/c1-3-5-17-23(16-4-2)22(24)18-21(19-12-8-6-9-13-19)20-14-10-7-11-15-20;1-2-3-5(7)4-6;1-2/h6-15,21H,3-5,16-18H2,1-2H3;2-3H,1,4H2;1-2H3/b;5-3+;. The third kappa shape index (κ3) is 13.3. The third-order valence-electron chi connectivity index (χ3n) is 4.84. The summed E-state index contributed by atoms with van der Waals surface area (Å²) in [6, 6.07) is 20.8. The first-order valence-electron chi connectivity index (χ1n) is 12.0. The summed E-state index contributed by atoms with van der Waals surface area (Å²) >= 11 is 10.7. The zero-order chi connectivity index (χ0) is 24.9. The predicted molar refractivity (Wildman–Crippen MR) is 147 cm³/mol. The fourth-order valence-electron chi connectivity index (χ4n) is 3.26.